The second-order valence-corrected chi connectivity index (χ2v) is 18.1. The summed E-state index contributed by atoms with van der Waals surface area (Å²) in [5.74, 6) is -0.930. The molecule has 0 saturated heterocycles. The van der Waals surface area contributed by atoms with Crippen LogP contribution in [0.1, 0.15) is 110 Å². The van der Waals surface area contributed by atoms with Crippen molar-refractivity contribution >= 4 is 42.4 Å². The average Bonchev–Trinajstić information content (AvgIpc) is 3.31. The molecule has 0 unspecified atom stereocenters. The van der Waals surface area contributed by atoms with Gasteiger partial charge in [0, 0.05) is 11.0 Å². The SMILES string of the molecule is CCC(=CC=CC(=O)O)c1cc(CCc2ccc(C(C)(C)O[Si]C(C)(C)C)c(C(C)(C)O[Si]C(C)(C)C)c2)cs1. The molecule has 0 aliphatic heterocycles. The van der Waals surface area contributed by atoms with Crippen LogP contribution in [-0.2, 0) is 37.7 Å². The fraction of sp³-hybridized carbons (Fsp3) is 0.545. The van der Waals surface area contributed by atoms with Gasteiger partial charge in [0.25, 0.3) is 0 Å². The number of hydrogen-bond acceptors (Lipinski definition) is 4. The summed E-state index contributed by atoms with van der Waals surface area (Å²) < 4.78 is 13.1. The second kappa shape index (κ2) is 13.9. The van der Waals surface area contributed by atoms with E-state index in [1.54, 1.807) is 17.4 Å². The van der Waals surface area contributed by atoms with Crippen LogP contribution in [0.4, 0.5) is 0 Å². The van der Waals surface area contributed by atoms with E-state index < -0.39 is 17.2 Å². The summed E-state index contributed by atoms with van der Waals surface area (Å²) in [6, 6.07) is 9.06. The minimum atomic E-state index is -0.930. The Morgan fingerprint density at radius 1 is 0.850 bits per heavy atom. The first-order valence-corrected chi connectivity index (χ1v) is 16.7. The molecule has 218 valence electrons. The molecule has 0 spiro atoms. The number of aliphatic carboxylic acids is 1. The molecule has 0 amide bonds. The van der Waals surface area contributed by atoms with Gasteiger partial charge in [0.05, 0.1) is 11.2 Å². The molecule has 0 bridgehead atoms. The molecule has 1 aromatic carbocycles. The fourth-order valence-electron chi connectivity index (χ4n) is 4.03. The predicted molar refractivity (Wildman–Crippen MR) is 172 cm³/mol. The van der Waals surface area contributed by atoms with E-state index in [9.17, 15) is 4.79 Å². The highest BCUT2D eigenvalue weighted by molar-refractivity contribution is 7.11. The zero-order valence-electron chi connectivity index (χ0n) is 26.3. The third kappa shape index (κ3) is 11.2. The van der Waals surface area contributed by atoms with E-state index in [4.69, 9.17) is 14.0 Å². The zero-order valence-corrected chi connectivity index (χ0v) is 29.1. The smallest absolute Gasteiger partial charge is 0.328 e. The van der Waals surface area contributed by atoms with Crippen LogP contribution in [0.25, 0.3) is 5.57 Å². The summed E-state index contributed by atoms with van der Waals surface area (Å²) >= 11 is 1.72. The molecule has 1 heterocycles. The average molecular weight is 597 g/mol. The molecular formula is C33H48O4SSi2. The molecule has 2 aromatic rings. The van der Waals surface area contributed by atoms with E-state index in [0.717, 1.165) is 24.8 Å². The predicted octanol–water partition coefficient (Wildman–Crippen LogP) is 9.15. The number of rotatable bonds is 13. The molecule has 1 aromatic heterocycles. The maximum atomic E-state index is 10.8. The Kier molecular flexibility index (Phi) is 12.0. The van der Waals surface area contributed by atoms with E-state index in [0.29, 0.717) is 19.5 Å². The highest BCUT2D eigenvalue weighted by Gasteiger charge is 2.34. The first kappa shape index (κ1) is 34.4. The van der Waals surface area contributed by atoms with E-state index in [1.165, 1.54) is 33.2 Å². The Balaban J connectivity index is 2.34. The Morgan fingerprint density at radius 2 is 1.40 bits per heavy atom. The first-order valence-electron chi connectivity index (χ1n) is 14.0. The number of carbonyl (C=O) groups is 1. The molecule has 7 heteroatoms. The maximum Gasteiger partial charge on any atom is 0.328 e. The normalized spacial score (nSPS) is 13.8. The largest absolute Gasteiger partial charge is 0.478 e. The van der Waals surface area contributed by atoms with Gasteiger partial charge in [-0.25, -0.2) is 4.79 Å². The summed E-state index contributed by atoms with van der Waals surface area (Å²) in [6.07, 6.45) is 7.41. The summed E-state index contributed by atoms with van der Waals surface area (Å²) in [6.45, 7) is 24.1. The van der Waals surface area contributed by atoms with Crippen molar-refractivity contribution in [1.82, 2.24) is 0 Å². The van der Waals surface area contributed by atoms with E-state index >= 15 is 0 Å². The molecule has 2 rings (SSSR count). The molecule has 40 heavy (non-hydrogen) atoms. The summed E-state index contributed by atoms with van der Waals surface area (Å²) in [5.41, 5.74) is 5.21. The molecule has 1 N–H and O–H groups in total. The number of thiophene rings is 1. The third-order valence-corrected chi connectivity index (χ3v) is 9.70. The number of carboxylic acid groups (broad SMARTS) is 1. The minimum Gasteiger partial charge on any atom is -0.478 e. The summed E-state index contributed by atoms with van der Waals surface area (Å²) in [5, 5.41) is 11.3. The molecule has 4 radical (unpaired) electrons. The van der Waals surface area contributed by atoms with Crippen LogP contribution in [0.15, 0.2) is 47.9 Å². The quantitative estimate of drug-likeness (QED) is 0.142. The standard InChI is InChI=1S/C33H48O4SSi2/c1-12-25(14-13-15-29(34)35)28-21-24(22-38-28)17-16-23-18-19-26(32(8,9)36-39-30(2,3)4)27(20-23)33(10,11)37-40-31(5,6)7/h13-15,18-22H,12,16-17H2,1-11H3,(H,34,35). The highest BCUT2D eigenvalue weighted by Crippen LogP contribution is 2.39. The number of carboxylic acids is 1. The zero-order chi connectivity index (χ0) is 30.4. The maximum absolute atomic E-state index is 10.8. The first-order chi connectivity index (χ1) is 18.3. The number of allylic oxidation sites excluding steroid dienone is 3. The van der Waals surface area contributed by atoms with Gasteiger partial charge in [0.1, 0.15) is 0 Å². The molecule has 4 nitrogen and oxygen atoms in total. The van der Waals surface area contributed by atoms with Crippen molar-refractivity contribution in [2.24, 2.45) is 0 Å². The van der Waals surface area contributed by atoms with Gasteiger partial charge in [-0.15, -0.1) is 11.3 Å². The lowest BCUT2D eigenvalue weighted by molar-refractivity contribution is -0.131. The van der Waals surface area contributed by atoms with E-state index in [-0.39, 0.29) is 10.1 Å². The lowest BCUT2D eigenvalue weighted by atomic mass is 9.84. The fourth-order valence-corrected chi connectivity index (χ4v) is 6.42. The van der Waals surface area contributed by atoms with Gasteiger partial charge >= 0.3 is 5.97 Å². The van der Waals surface area contributed by atoms with Gasteiger partial charge < -0.3 is 14.0 Å². The van der Waals surface area contributed by atoms with Gasteiger partial charge in [-0.05, 0) is 96.3 Å². The topological polar surface area (TPSA) is 55.8 Å². The Hall–Kier alpha value is -1.78. The number of benzene rings is 1. The van der Waals surface area contributed by atoms with E-state index in [1.807, 2.05) is 6.08 Å². The second-order valence-electron chi connectivity index (χ2n) is 13.4. The van der Waals surface area contributed by atoms with Crippen molar-refractivity contribution in [2.45, 2.75) is 117 Å². The Morgan fingerprint density at radius 3 is 1.93 bits per heavy atom. The van der Waals surface area contributed by atoms with Gasteiger partial charge in [0.15, 0.2) is 0 Å². The van der Waals surface area contributed by atoms with Crippen LogP contribution in [0, 0.1) is 0 Å². The van der Waals surface area contributed by atoms with Crippen molar-refractivity contribution in [3.8, 4) is 0 Å². The van der Waals surface area contributed by atoms with Crippen LogP contribution in [0.3, 0.4) is 0 Å². The Labute approximate surface area is 252 Å². The highest BCUT2D eigenvalue weighted by atomic mass is 32.1. The molecule has 0 atom stereocenters. The van der Waals surface area contributed by atoms with Crippen LogP contribution < -0.4 is 0 Å². The molecule has 0 aliphatic rings. The van der Waals surface area contributed by atoms with Gasteiger partial charge in [0.2, 0.25) is 19.5 Å². The lowest BCUT2D eigenvalue weighted by Crippen LogP contribution is -2.34. The van der Waals surface area contributed by atoms with Crippen molar-refractivity contribution in [3.05, 3.63) is 75.0 Å². The van der Waals surface area contributed by atoms with Crippen molar-refractivity contribution in [1.29, 1.82) is 0 Å². The van der Waals surface area contributed by atoms with Gasteiger partial charge in [-0.2, -0.15) is 0 Å². The van der Waals surface area contributed by atoms with Crippen molar-refractivity contribution < 1.29 is 18.8 Å². The molecular weight excluding hydrogens is 549 g/mol. The van der Waals surface area contributed by atoms with Gasteiger partial charge in [-0.1, -0.05) is 78.8 Å². The van der Waals surface area contributed by atoms with Crippen LogP contribution in [0.2, 0.25) is 10.1 Å². The van der Waals surface area contributed by atoms with Crippen LogP contribution in [-0.4, -0.2) is 30.6 Å². The number of hydrogen-bond donors (Lipinski definition) is 1. The number of aryl methyl sites for hydroxylation is 2. The van der Waals surface area contributed by atoms with E-state index in [2.05, 4.69) is 106 Å². The van der Waals surface area contributed by atoms with Crippen molar-refractivity contribution in [3.63, 3.8) is 0 Å². The molecule has 0 saturated carbocycles. The van der Waals surface area contributed by atoms with Crippen LogP contribution >= 0.6 is 11.3 Å². The Bertz CT molecular complexity index is 1190. The lowest BCUT2D eigenvalue weighted by Gasteiger charge is -2.37. The minimum absolute atomic E-state index is 0.0978. The van der Waals surface area contributed by atoms with Gasteiger partial charge in [-0.3, -0.25) is 0 Å². The molecule has 0 fully saturated rings. The van der Waals surface area contributed by atoms with Crippen molar-refractivity contribution in [2.75, 3.05) is 0 Å². The summed E-state index contributed by atoms with van der Waals surface area (Å²) in [7, 11) is 0.774. The van der Waals surface area contributed by atoms with Crippen LogP contribution in [0.5, 0.6) is 0 Å². The molecule has 0 aliphatic carbocycles. The monoisotopic (exact) mass is 596 g/mol. The third-order valence-electron chi connectivity index (χ3n) is 6.20. The summed E-state index contributed by atoms with van der Waals surface area (Å²) in [4.78, 5) is 12.0.